The number of amides is 1. The Balaban J connectivity index is 3.42. The van der Waals surface area contributed by atoms with Gasteiger partial charge < -0.3 is 25.7 Å². The van der Waals surface area contributed by atoms with Crippen molar-refractivity contribution < 1.29 is 25.2 Å². The monoisotopic (exact) mass is 824 g/mol. The Labute approximate surface area is 362 Å². The normalized spacial score (nSPS) is 13.3. The van der Waals surface area contributed by atoms with E-state index in [9.17, 15) is 20.1 Å². The number of carbonyl (C=O) groups is 1. The summed E-state index contributed by atoms with van der Waals surface area (Å²) in [5.74, 6) is -0.141. The van der Waals surface area contributed by atoms with Crippen LogP contribution in [0.2, 0.25) is 0 Å². The van der Waals surface area contributed by atoms with Gasteiger partial charge in [-0.05, 0) is 19.3 Å². The lowest BCUT2D eigenvalue weighted by Gasteiger charge is -2.26. The van der Waals surface area contributed by atoms with Crippen molar-refractivity contribution in [2.45, 2.75) is 314 Å². The molecular weight excluding hydrogens is 719 g/mol. The molecule has 0 bridgehead atoms. The molecule has 348 valence electrons. The third kappa shape index (κ3) is 43.4. The predicted octanol–water partition coefficient (Wildman–Crippen LogP) is 14.8. The Kier molecular flexibility index (Phi) is 48.4. The smallest absolute Gasteiger partial charge is 0.220 e. The molecule has 0 aliphatic rings. The molecule has 6 nitrogen and oxygen atoms in total. The molecule has 5 N–H and O–H groups in total. The molecule has 0 spiro atoms. The van der Waals surface area contributed by atoms with Gasteiger partial charge in [-0.15, -0.1) is 0 Å². The van der Waals surface area contributed by atoms with E-state index in [2.05, 4.69) is 12.2 Å². The summed E-state index contributed by atoms with van der Waals surface area (Å²) in [6, 6.07) is -0.806. The van der Waals surface area contributed by atoms with E-state index in [-0.39, 0.29) is 12.5 Å². The standard InChI is InChI=1S/C52H105NO5/c1-2-3-4-5-6-7-8-30-33-36-39-42-45-50(56)52(58)49(48-55)53-51(57)46-43-40-37-34-31-28-26-24-22-20-18-16-14-12-10-9-11-13-15-17-19-21-23-25-27-29-32-35-38-41-44-47-54/h49-50,52,54-56,58H,2-48H2,1H3,(H,53,57)/t49-,50?,52+/m1/s1. The van der Waals surface area contributed by atoms with Crippen LogP contribution in [0.25, 0.3) is 0 Å². The number of unbranched alkanes of at least 4 members (excludes halogenated alkanes) is 41. The van der Waals surface area contributed by atoms with Crippen LogP contribution >= 0.6 is 0 Å². The van der Waals surface area contributed by atoms with Gasteiger partial charge in [-0.1, -0.05) is 270 Å². The van der Waals surface area contributed by atoms with Crippen LogP contribution in [0.15, 0.2) is 0 Å². The highest BCUT2D eigenvalue weighted by Gasteiger charge is 2.26. The zero-order chi connectivity index (χ0) is 42.3. The maximum atomic E-state index is 12.5. The second kappa shape index (κ2) is 49.0. The van der Waals surface area contributed by atoms with E-state index in [1.165, 1.54) is 231 Å². The summed E-state index contributed by atoms with van der Waals surface area (Å²) in [4.78, 5) is 12.5. The van der Waals surface area contributed by atoms with Crippen molar-refractivity contribution in [2.75, 3.05) is 13.2 Å². The highest BCUT2D eigenvalue weighted by Crippen LogP contribution is 2.18. The Hall–Kier alpha value is -0.690. The predicted molar refractivity (Wildman–Crippen MR) is 252 cm³/mol. The Bertz CT molecular complexity index is 781. The third-order valence-corrected chi connectivity index (χ3v) is 12.8. The van der Waals surface area contributed by atoms with Gasteiger partial charge in [0.25, 0.3) is 0 Å². The van der Waals surface area contributed by atoms with Crippen LogP contribution in [0.3, 0.4) is 0 Å². The fourth-order valence-corrected chi connectivity index (χ4v) is 8.68. The maximum absolute atomic E-state index is 12.5. The summed E-state index contributed by atoms with van der Waals surface area (Å²) >= 11 is 0. The van der Waals surface area contributed by atoms with Crippen molar-refractivity contribution in [3.8, 4) is 0 Å². The van der Waals surface area contributed by atoms with Gasteiger partial charge in [-0.3, -0.25) is 4.79 Å². The lowest BCUT2D eigenvalue weighted by Crippen LogP contribution is -2.50. The topological polar surface area (TPSA) is 110 Å². The summed E-state index contributed by atoms with van der Waals surface area (Å²) in [5.41, 5.74) is 0. The molecule has 0 aromatic carbocycles. The van der Waals surface area contributed by atoms with Crippen molar-refractivity contribution in [3.63, 3.8) is 0 Å². The van der Waals surface area contributed by atoms with Crippen molar-refractivity contribution in [2.24, 2.45) is 0 Å². The lowest BCUT2D eigenvalue weighted by atomic mass is 9.99. The summed E-state index contributed by atoms with van der Waals surface area (Å²) in [6.07, 6.45) is 55.5. The lowest BCUT2D eigenvalue weighted by molar-refractivity contribution is -0.124. The average Bonchev–Trinajstić information content (AvgIpc) is 3.23. The van der Waals surface area contributed by atoms with Gasteiger partial charge >= 0.3 is 0 Å². The molecule has 1 unspecified atom stereocenters. The van der Waals surface area contributed by atoms with E-state index in [1.54, 1.807) is 0 Å². The summed E-state index contributed by atoms with van der Waals surface area (Å²) in [6.45, 7) is 2.26. The van der Waals surface area contributed by atoms with Crippen LogP contribution in [-0.2, 0) is 4.79 Å². The Morgan fingerprint density at radius 2 is 0.638 bits per heavy atom. The van der Waals surface area contributed by atoms with Crippen LogP contribution in [0.1, 0.15) is 296 Å². The molecule has 0 radical (unpaired) electrons. The van der Waals surface area contributed by atoms with E-state index in [1.807, 2.05) is 0 Å². The fraction of sp³-hybridized carbons (Fsp3) is 0.981. The molecule has 0 aromatic heterocycles. The van der Waals surface area contributed by atoms with Gasteiger partial charge in [-0.25, -0.2) is 0 Å². The first-order chi connectivity index (χ1) is 28.6. The number of rotatable bonds is 50. The van der Waals surface area contributed by atoms with E-state index >= 15 is 0 Å². The second-order valence-corrected chi connectivity index (χ2v) is 18.5. The number of hydrogen-bond acceptors (Lipinski definition) is 5. The molecule has 0 saturated heterocycles. The molecule has 0 heterocycles. The minimum absolute atomic E-state index is 0.141. The minimum Gasteiger partial charge on any atom is -0.396 e. The van der Waals surface area contributed by atoms with Gasteiger partial charge in [0.15, 0.2) is 0 Å². The van der Waals surface area contributed by atoms with Crippen molar-refractivity contribution >= 4 is 5.91 Å². The molecule has 0 fully saturated rings. The van der Waals surface area contributed by atoms with Crippen molar-refractivity contribution in [1.82, 2.24) is 5.32 Å². The van der Waals surface area contributed by atoms with Crippen LogP contribution in [0.4, 0.5) is 0 Å². The number of carbonyl (C=O) groups excluding carboxylic acids is 1. The molecule has 58 heavy (non-hydrogen) atoms. The fourth-order valence-electron chi connectivity index (χ4n) is 8.68. The molecule has 0 aromatic rings. The molecule has 6 heteroatoms. The van der Waals surface area contributed by atoms with Gasteiger partial charge in [0, 0.05) is 13.0 Å². The van der Waals surface area contributed by atoms with Crippen LogP contribution < -0.4 is 5.32 Å². The maximum Gasteiger partial charge on any atom is 0.220 e. The van der Waals surface area contributed by atoms with Crippen molar-refractivity contribution in [3.05, 3.63) is 0 Å². The largest absolute Gasteiger partial charge is 0.396 e. The first kappa shape index (κ1) is 57.3. The second-order valence-electron chi connectivity index (χ2n) is 18.5. The highest BCUT2D eigenvalue weighted by molar-refractivity contribution is 5.76. The molecule has 0 rings (SSSR count). The van der Waals surface area contributed by atoms with Gasteiger partial charge in [-0.2, -0.15) is 0 Å². The zero-order valence-electron chi connectivity index (χ0n) is 39.2. The van der Waals surface area contributed by atoms with Gasteiger partial charge in [0.05, 0.1) is 18.8 Å². The molecule has 0 saturated carbocycles. The molecular formula is C52H105NO5. The van der Waals surface area contributed by atoms with Gasteiger partial charge in [0.1, 0.15) is 6.10 Å². The third-order valence-electron chi connectivity index (χ3n) is 12.8. The first-order valence-electron chi connectivity index (χ1n) is 26.4. The summed E-state index contributed by atoms with van der Waals surface area (Å²) in [7, 11) is 0. The van der Waals surface area contributed by atoms with Crippen LogP contribution in [-0.4, -0.2) is 57.8 Å². The molecule has 0 aliphatic heterocycles. The molecule has 3 atom stereocenters. The summed E-state index contributed by atoms with van der Waals surface area (Å²) in [5, 5.41) is 42.4. The molecule has 0 aliphatic carbocycles. The number of hydrogen-bond donors (Lipinski definition) is 5. The first-order valence-corrected chi connectivity index (χ1v) is 26.4. The molecule has 1 amide bonds. The number of nitrogens with one attached hydrogen (secondary N) is 1. The van der Waals surface area contributed by atoms with Crippen LogP contribution in [0.5, 0.6) is 0 Å². The minimum atomic E-state index is -1.13. The number of aliphatic hydroxyl groups is 4. The van der Waals surface area contributed by atoms with E-state index in [0.717, 1.165) is 44.9 Å². The zero-order valence-corrected chi connectivity index (χ0v) is 39.2. The van der Waals surface area contributed by atoms with Gasteiger partial charge in [0.2, 0.25) is 5.91 Å². The number of aliphatic hydroxyl groups excluding tert-OH is 4. The van der Waals surface area contributed by atoms with E-state index < -0.39 is 18.2 Å². The Morgan fingerprint density at radius 3 is 0.914 bits per heavy atom. The summed E-state index contributed by atoms with van der Waals surface area (Å²) < 4.78 is 0. The van der Waals surface area contributed by atoms with Crippen LogP contribution in [0, 0.1) is 0 Å². The van der Waals surface area contributed by atoms with E-state index in [0.29, 0.717) is 19.4 Å². The highest BCUT2D eigenvalue weighted by atomic mass is 16.3. The van der Waals surface area contributed by atoms with E-state index in [4.69, 9.17) is 5.11 Å². The SMILES string of the molecule is CCCCCCCCCCCCCCC(O)[C@@H](O)[C@@H](CO)NC(=O)CCCCCCCCCCCCCCCCCCCCCCCCCCCCCCCCCO. The average molecular weight is 824 g/mol. The van der Waals surface area contributed by atoms with Crippen molar-refractivity contribution in [1.29, 1.82) is 0 Å². The Morgan fingerprint density at radius 1 is 0.379 bits per heavy atom. The quantitative estimate of drug-likeness (QED) is 0.0393.